The van der Waals surface area contributed by atoms with E-state index < -0.39 is 0 Å². The molecule has 1 rings (SSSR count). The molecule has 0 bridgehead atoms. The quantitative estimate of drug-likeness (QED) is 0.380. The summed E-state index contributed by atoms with van der Waals surface area (Å²) in [7, 11) is 3.89. The molecule has 0 aromatic carbocycles. The van der Waals surface area contributed by atoms with Crippen LogP contribution in [0.4, 0.5) is 0 Å². The molecule has 0 radical (unpaired) electrons. The summed E-state index contributed by atoms with van der Waals surface area (Å²) in [4.78, 5) is 6.50. The van der Waals surface area contributed by atoms with E-state index in [1.165, 1.54) is 5.56 Å². The fraction of sp³-hybridized carbons (Fsp3) is 0.688. The van der Waals surface area contributed by atoms with Crippen molar-refractivity contribution in [1.29, 1.82) is 0 Å². The van der Waals surface area contributed by atoms with Gasteiger partial charge in [-0.2, -0.15) is 11.3 Å². The summed E-state index contributed by atoms with van der Waals surface area (Å²) >= 11 is 1.73. The average Bonchev–Trinajstić information content (AvgIpc) is 2.94. The van der Waals surface area contributed by atoms with Gasteiger partial charge in [0.1, 0.15) is 0 Å². The Hall–Kier alpha value is -0.340. The number of rotatable bonds is 8. The Balaban J connectivity index is 0.00000441. The lowest BCUT2D eigenvalue weighted by atomic mass is 10.0. The Bertz CT molecular complexity index is 410. The van der Waals surface area contributed by atoms with Crippen LogP contribution in [0, 0.1) is 5.92 Å². The number of thiophene rings is 1. The predicted molar refractivity (Wildman–Crippen MR) is 107 cm³/mol. The lowest BCUT2D eigenvalue weighted by molar-refractivity contribution is 0.0257. The highest BCUT2D eigenvalue weighted by atomic mass is 127. The molecule has 1 aromatic rings. The summed E-state index contributed by atoms with van der Waals surface area (Å²) in [5.74, 6) is 1.47. The van der Waals surface area contributed by atoms with Crippen molar-refractivity contribution < 1.29 is 4.74 Å². The fourth-order valence-corrected chi connectivity index (χ4v) is 2.93. The van der Waals surface area contributed by atoms with Crippen LogP contribution in [0.25, 0.3) is 0 Å². The minimum atomic E-state index is 0. The van der Waals surface area contributed by atoms with E-state index in [1.807, 2.05) is 7.05 Å². The van der Waals surface area contributed by atoms with Crippen LogP contribution in [0.1, 0.15) is 32.8 Å². The van der Waals surface area contributed by atoms with Crippen molar-refractivity contribution in [2.24, 2.45) is 10.9 Å². The minimum absolute atomic E-state index is 0. The minimum Gasteiger partial charge on any atom is -0.378 e. The van der Waals surface area contributed by atoms with Crippen molar-refractivity contribution in [3.05, 3.63) is 22.4 Å². The van der Waals surface area contributed by atoms with E-state index in [1.54, 1.807) is 11.3 Å². The Kier molecular flexibility index (Phi) is 11.9. The number of hydrogen-bond acceptors (Lipinski definition) is 3. The standard InChI is InChI=1S/C16H29N3OS.HI/c1-6-20-15(13(2)3)7-9-18-16(17-4)19(5)11-14-8-10-21-12-14;/h8,10,12-13,15H,6-7,9,11H2,1-5H3,(H,17,18);1H. The van der Waals surface area contributed by atoms with Gasteiger partial charge in [-0.05, 0) is 41.7 Å². The van der Waals surface area contributed by atoms with E-state index in [2.05, 4.69) is 59.9 Å². The summed E-state index contributed by atoms with van der Waals surface area (Å²) in [6.45, 7) is 8.99. The van der Waals surface area contributed by atoms with Crippen LogP contribution in [-0.4, -0.2) is 44.2 Å². The van der Waals surface area contributed by atoms with Gasteiger partial charge in [0.05, 0.1) is 6.10 Å². The molecule has 1 heterocycles. The fourth-order valence-electron chi connectivity index (χ4n) is 2.27. The third-order valence-electron chi connectivity index (χ3n) is 3.41. The van der Waals surface area contributed by atoms with Crippen LogP contribution in [0.2, 0.25) is 0 Å². The van der Waals surface area contributed by atoms with E-state index in [4.69, 9.17) is 4.74 Å². The Morgan fingerprint density at radius 2 is 2.18 bits per heavy atom. The zero-order valence-electron chi connectivity index (χ0n) is 14.3. The lowest BCUT2D eigenvalue weighted by Gasteiger charge is -2.24. The van der Waals surface area contributed by atoms with Crippen molar-refractivity contribution >= 4 is 41.3 Å². The molecule has 0 fully saturated rings. The van der Waals surface area contributed by atoms with E-state index >= 15 is 0 Å². The second kappa shape index (κ2) is 12.1. The molecule has 0 aliphatic rings. The summed E-state index contributed by atoms with van der Waals surface area (Å²) < 4.78 is 5.77. The lowest BCUT2D eigenvalue weighted by Crippen LogP contribution is -2.40. The molecule has 1 unspecified atom stereocenters. The molecule has 22 heavy (non-hydrogen) atoms. The van der Waals surface area contributed by atoms with Crippen molar-refractivity contribution in [1.82, 2.24) is 10.2 Å². The van der Waals surface area contributed by atoms with Gasteiger partial charge in [0, 0.05) is 33.8 Å². The van der Waals surface area contributed by atoms with Gasteiger partial charge in [0.2, 0.25) is 0 Å². The zero-order chi connectivity index (χ0) is 15.7. The summed E-state index contributed by atoms with van der Waals surface area (Å²) in [6.07, 6.45) is 1.30. The molecule has 0 saturated heterocycles. The molecule has 0 saturated carbocycles. The Morgan fingerprint density at radius 3 is 2.68 bits per heavy atom. The van der Waals surface area contributed by atoms with Gasteiger partial charge in [-0.25, -0.2) is 0 Å². The first-order valence-electron chi connectivity index (χ1n) is 7.62. The number of halogens is 1. The van der Waals surface area contributed by atoms with E-state index in [-0.39, 0.29) is 24.0 Å². The zero-order valence-corrected chi connectivity index (χ0v) is 17.5. The largest absolute Gasteiger partial charge is 0.378 e. The number of hydrogen-bond donors (Lipinski definition) is 1. The highest BCUT2D eigenvalue weighted by molar-refractivity contribution is 14.0. The molecular formula is C16H30IN3OS. The van der Waals surface area contributed by atoms with Crippen molar-refractivity contribution in [2.45, 2.75) is 39.8 Å². The molecular weight excluding hydrogens is 409 g/mol. The highest BCUT2D eigenvalue weighted by Gasteiger charge is 2.14. The second-order valence-electron chi connectivity index (χ2n) is 5.49. The third-order valence-corrected chi connectivity index (χ3v) is 4.14. The van der Waals surface area contributed by atoms with Crippen LogP contribution in [0.15, 0.2) is 21.8 Å². The molecule has 0 aliphatic carbocycles. The number of nitrogens with one attached hydrogen (secondary N) is 1. The summed E-state index contributed by atoms with van der Waals surface area (Å²) in [5.41, 5.74) is 1.32. The Labute approximate surface area is 156 Å². The van der Waals surface area contributed by atoms with E-state index in [0.717, 1.165) is 32.1 Å². The molecule has 4 nitrogen and oxygen atoms in total. The van der Waals surface area contributed by atoms with E-state index in [9.17, 15) is 0 Å². The topological polar surface area (TPSA) is 36.9 Å². The molecule has 6 heteroatoms. The first kappa shape index (κ1) is 21.7. The van der Waals surface area contributed by atoms with Gasteiger partial charge >= 0.3 is 0 Å². The summed E-state index contributed by atoms with van der Waals surface area (Å²) in [6, 6.07) is 2.15. The van der Waals surface area contributed by atoms with Gasteiger partial charge in [0.25, 0.3) is 0 Å². The summed E-state index contributed by atoms with van der Waals surface area (Å²) in [5, 5.41) is 7.70. The molecule has 1 atom stereocenters. The SMILES string of the molecule is CCOC(CCNC(=NC)N(C)Cc1ccsc1)C(C)C.I. The van der Waals surface area contributed by atoms with Crippen molar-refractivity contribution in [3.8, 4) is 0 Å². The number of ether oxygens (including phenoxy) is 1. The second-order valence-corrected chi connectivity index (χ2v) is 6.27. The van der Waals surface area contributed by atoms with Gasteiger partial charge in [-0.15, -0.1) is 24.0 Å². The van der Waals surface area contributed by atoms with Crippen LogP contribution in [-0.2, 0) is 11.3 Å². The smallest absolute Gasteiger partial charge is 0.193 e. The van der Waals surface area contributed by atoms with Gasteiger partial charge in [-0.3, -0.25) is 4.99 Å². The van der Waals surface area contributed by atoms with Gasteiger partial charge in [-0.1, -0.05) is 13.8 Å². The highest BCUT2D eigenvalue weighted by Crippen LogP contribution is 2.11. The number of aliphatic imine (C=N–C) groups is 1. The third kappa shape index (κ3) is 7.78. The van der Waals surface area contributed by atoms with Crippen molar-refractivity contribution in [2.75, 3.05) is 27.2 Å². The van der Waals surface area contributed by atoms with Crippen LogP contribution >= 0.6 is 35.3 Å². The van der Waals surface area contributed by atoms with Gasteiger partial charge in [0.15, 0.2) is 5.96 Å². The molecule has 0 spiro atoms. The first-order valence-corrected chi connectivity index (χ1v) is 8.57. The first-order chi connectivity index (χ1) is 10.1. The van der Waals surface area contributed by atoms with E-state index in [0.29, 0.717) is 12.0 Å². The molecule has 128 valence electrons. The average molecular weight is 439 g/mol. The maximum Gasteiger partial charge on any atom is 0.193 e. The monoisotopic (exact) mass is 439 g/mol. The van der Waals surface area contributed by atoms with Crippen molar-refractivity contribution in [3.63, 3.8) is 0 Å². The maximum absolute atomic E-state index is 5.77. The van der Waals surface area contributed by atoms with Gasteiger partial charge < -0.3 is 15.0 Å². The Morgan fingerprint density at radius 1 is 1.45 bits per heavy atom. The van der Waals surface area contributed by atoms with Crippen LogP contribution < -0.4 is 5.32 Å². The molecule has 1 N–H and O–H groups in total. The maximum atomic E-state index is 5.77. The number of guanidine groups is 1. The molecule has 0 aliphatic heterocycles. The van der Waals surface area contributed by atoms with Crippen LogP contribution in [0.3, 0.4) is 0 Å². The number of nitrogens with zero attached hydrogens (tertiary/aromatic N) is 2. The normalized spacial score (nSPS) is 12.9. The predicted octanol–water partition coefficient (Wildman–Crippen LogP) is 3.82. The van der Waals surface area contributed by atoms with Crippen LogP contribution in [0.5, 0.6) is 0 Å². The molecule has 1 aromatic heterocycles. The molecule has 0 amide bonds.